The van der Waals surface area contributed by atoms with Crippen LogP contribution < -0.4 is 10.1 Å². The molecule has 2 aromatic rings. The van der Waals surface area contributed by atoms with E-state index in [2.05, 4.69) is 11.4 Å². The van der Waals surface area contributed by atoms with Crippen LogP contribution in [0.3, 0.4) is 0 Å². The van der Waals surface area contributed by atoms with E-state index in [0.29, 0.717) is 11.3 Å². The van der Waals surface area contributed by atoms with Crippen molar-refractivity contribution >= 4 is 0 Å². The molecule has 0 aliphatic rings. The third kappa shape index (κ3) is 3.17. The van der Waals surface area contributed by atoms with Gasteiger partial charge in [0.25, 0.3) is 0 Å². The van der Waals surface area contributed by atoms with E-state index < -0.39 is 0 Å². The molecule has 0 aliphatic carbocycles. The Kier molecular flexibility index (Phi) is 4.40. The SMILES string of the molecule is CNC(C)c1c(F)cccc1Oc1cc(C)cc(C)c1. The Morgan fingerprint density at radius 3 is 2.35 bits per heavy atom. The van der Waals surface area contributed by atoms with E-state index in [4.69, 9.17) is 4.74 Å². The van der Waals surface area contributed by atoms with E-state index in [1.165, 1.54) is 6.07 Å². The fourth-order valence-electron chi connectivity index (χ4n) is 2.29. The minimum atomic E-state index is -0.256. The van der Waals surface area contributed by atoms with Crippen molar-refractivity contribution in [1.29, 1.82) is 0 Å². The van der Waals surface area contributed by atoms with Gasteiger partial charge in [0, 0.05) is 11.6 Å². The van der Waals surface area contributed by atoms with Gasteiger partial charge >= 0.3 is 0 Å². The van der Waals surface area contributed by atoms with Crippen molar-refractivity contribution in [2.45, 2.75) is 26.8 Å². The monoisotopic (exact) mass is 273 g/mol. The Balaban J connectivity index is 2.40. The quantitative estimate of drug-likeness (QED) is 0.884. The van der Waals surface area contributed by atoms with Gasteiger partial charge < -0.3 is 10.1 Å². The lowest BCUT2D eigenvalue weighted by Crippen LogP contribution is -2.14. The van der Waals surface area contributed by atoms with Crippen LogP contribution in [0.25, 0.3) is 0 Å². The molecule has 3 heteroatoms. The number of hydrogen-bond acceptors (Lipinski definition) is 2. The minimum Gasteiger partial charge on any atom is -0.457 e. The first-order valence-corrected chi connectivity index (χ1v) is 6.73. The smallest absolute Gasteiger partial charge is 0.135 e. The lowest BCUT2D eigenvalue weighted by atomic mass is 10.1. The number of halogens is 1. The topological polar surface area (TPSA) is 21.3 Å². The average Bonchev–Trinajstić information content (AvgIpc) is 2.37. The zero-order valence-corrected chi connectivity index (χ0v) is 12.3. The first kappa shape index (κ1) is 14.5. The molecule has 0 heterocycles. The number of aryl methyl sites for hydroxylation is 2. The largest absolute Gasteiger partial charge is 0.457 e. The van der Waals surface area contributed by atoms with Crippen molar-refractivity contribution in [3.8, 4) is 11.5 Å². The van der Waals surface area contributed by atoms with Crippen LogP contribution in [-0.2, 0) is 0 Å². The highest BCUT2D eigenvalue weighted by Gasteiger charge is 2.16. The summed E-state index contributed by atoms with van der Waals surface area (Å²) in [6.45, 7) is 5.94. The second kappa shape index (κ2) is 6.06. The van der Waals surface area contributed by atoms with Crippen LogP contribution in [0.1, 0.15) is 29.7 Å². The third-order valence-electron chi connectivity index (χ3n) is 3.30. The normalized spacial score (nSPS) is 12.2. The van der Waals surface area contributed by atoms with Gasteiger partial charge in [-0.15, -0.1) is 0 Å². The first-order chi connectivity index (χ1) is 9.51. The van der Waals surface area contributed by atoms with Crippen molar-refractivity contribution in [2.75, 3.05) is 7.05 Å². The molecule has 2 nitrogen and oxygen atoms in total. The van der Waals surface area contributed by atoms with Gasteiger partial charge in [0.1, 0.15) is 17.3 Å². The molecule has 0 spiro atoms. The molecule has 0 aromatic heterocycles. The van der Waals surface area contributed by atoms with Gasteiger partial charge in [-0.05, 0) is 63.2 Å². The van der Waals surface area contributed by atoms with Gasteiger partial charge in [0.15, 0.2) is 0 Å². The third-order valence-corrected chi connectivity index (χ3v) is 3.30. The van der Waals surface area contributed by atoms with Crippen molar-refractivity contribution in [3.63, 3.8) is 0 Å². The van der Waals surface area contributed by atoms with E-state index in [-0.39, 0.29) is 11.9 Å². The van der Waals surface area contributed by atoms with Gasteiger partial charge in [-0.3, -0.25) is 0 Å². The summed E-state index contributed by atoms with van der Waals surface area (Å²) in [6, 6.07) is 10.8. The summed E-state index contributed by atoms with van der Waals surface area (Å²) in [5, 5.41) is 3.05. The Labute approximate surface area is 119 Å². The van der Waals surface area contributed by atoms with Crippen LogP contribution in [0.5, 0.6) is 11.5 Å². The van der Waals surface area contributed by atoms with Crippen LogP contribution in [0.4, 0.5) is 4.39 Å². The number of benzene rings is 2. The lowest BCUT2D eigenvalue weighted by Gasteiger charge is -2.17. The second-order valence-electron chi connectivity index (χ2n) is 5.09. The summed E-state index contributed by atoms with van der Waals surface area (Å²) in [6.07, 6.45) is 0. The Bertz CT molecular complexity index is 590. The summed E-state index contributed by atoms with van der Waals surface area (Å²) in [5.74, 6) is 1.03. The molecule has 1 atom stereocenters. The van der Waals surface area contributed by atoms with Gasteiger partial charge in [-0.25, -0.2) is 4.39 Å². The lowest BCUT2D eigenvalue weighted by molar-refractivity contribution is 0.452. The minimum absolute atomic E-state index is 0.114. The molecular weight excluding hydrogens is 253 g/mol. The highest BCUT2D eigenvalue weighted by molar-refractivity contribution is 5.42. The molecule has 1 unspecified atom stereocenters. The van der Waals surface area contributed by atoms with Gasteiger partial charge in [-0.2, -0.15) is 0 Å². The molecule has 2 rings (SSSR count). The van der Waals surface area contributed by atoms with Crippen molar-refractivity contribution in [1.82, 2.24) is 5.32 Å². The van der Waals surface area contributed by atoms with Crippen molar-refractivity contribution in [2.24, 2.45) is 0 Å². The molecule has 0 fully saturated rings. The fraction of sp³-hybridized carbons (Fsp3) is 0.294. The predicted octanol–water partition coefficient (Wildman–Crippen LogP) is 4.52. The predicted molar refractivity (Wildman–Crippen MR) is 79.9 cm³/mol. The maximum atomic E-state index is 14.0. The molecular formula is C17H20FNO. The molecule has 20 heavy (non-hydrogen) atoms. The van der Waals surface area contributed by atoms with Crippen molar-refractivity contribution in [3.05, 3.63) is 58.9 Å². The molecule has 0 saturated heterocycles. The Morgan fingerprint density at radius 2 is 1.75 bits per heavy atom. The van der Waals surface area contributed by atoms with E-state index >= 15 is 0 Å². The highest BCUT2D eigenvalue weighted by Crippen LogP contribution is 2.32. The van der Waals surface area contributed by atoms with Crippen LogP contribution in [-0.4, -0.2) is 7.05 Å². The molecule has 0 amide bonds. The van der Waals surface area contributed by atoms with Crippen LogP contribution >= 0.6 is 0 Å². The van der Waals surface area contributed by atoms with E-state index in [9.17, 15) is 4.39 Å². The Morgan fingerprint density at radius 1 is 1.10 bits per heavy atom. The fourth-order valence-corrected chi connectivity index (χ4v) is 2.29. The Hall–Kier alpha value is -1.87. The molecule has 106 valence electrons. The van der Waals surface area contributed by atoms with Gasteiger partial charge in [-0.1, -0.05) is 12.1 Å². The summed E-state index contributed by atoms with van der Waals surface area (Å²) in [5.41, 5.74) is 2.80. The van der Waals surface area contributed by atoms with Crippen LogP contribution in [0, 0.1) is 19.7 Å². The standard InChI is InChI=1S/C17H20FNO/c1-11-8-12(2)10-14(9-11)20-16-7-5-6-15(18)17(16)13(3)19-4/h5-10,13,19H,1-4H3. The van der Waals surface area contributed by atoms with Crippen LogP contribution in [0.2, 0.25) is 0 Å². The van der Waals surface area contributed by atoms with E-state index in [0.717, 1.165) is 16.9 Å². The molecule has 0 bridgehead atoms. The second-order valence-corrected chi connectivity index (χ2v) is 5.09. The maximum Gasteiger partial charge on any atom is 0.135 e. The summed E-state index contributed by atoms with van der Waals surface area (Å²) in [4.78, 5) is 0. The summed E-state index contributed by atoms with van der Waals surface area (Å²) in [7, 11) is 1.80. The average molecular weight is 273 g/mol. The maximum absolute atomic E-state index is 14.0. The van der Waals surface area contributed by atoms with E-state index in [1.54, 1.807) is 19.2 Å². The number of rotatable bonds is 4. The van der Waals surface area contributed by atoms with E-state index in [1.807, 2.05) is 32.9 Å². The number of hydrogen-bond donors (Lipinski definition) is 1. The molecule has 0 saturated carbocycles. The molecule has 2 aromatic carbocycles. The summed E-state index contributed by atoms with van der Waals surface area (Å²) >= 11 is 0. The number of nitrogens with one attached hydrogen (secondary N) is 1. The van der Waals surface area contributed by atoms with Crippen molar-refractivity contribution < 1.29 is 9.13 Å². The highest BCUT2D eigenvalue weighted by atomic mass is 19.1. The zero-order chi connectivity index (χ0) is 14.7. The molecule has 0 radical (unpaired) electrons. The summed E-state index contributed by atoms with van der Waals surface area (Å²) < 4.78 is 19.9. The number of ether oxygens (including phenoxy) is 1. The zero-order valence-electron chi connectivity index (χ0n) is 12.3. The van der Waals surface area contributed by atoms with Gasteiger partial charge in [0.2, 0.25) is 0 Å². The van der Waals surface area contributed by atoms with Gasteiger partial charge in [0.05, 0.1) is 0 Å². The van der Waals surface area contributed by atoms with Crippen LogP contribution in [0.15, 0.2) is 36.4 Å². The first-order valence-electron chi connectivity index (χ1n) is 6.73. The molecule has 0 aliphatic heterocycles. The molecule has 1 N–H and O–H groups in total.